The van der Waals surface area contributed by atoms with Crippen LogP contribution in [0, 0.1) is 23.7 Å². The summed E-state index contributed by atoms with van der Waals surface area (Å²) in [6.07, 6.45) is 6.64. The summed E-state index contributed by atoms with van der Waals surface area (Å²) in [6, 6.07) is 5.77. The van der Waals surface area contributed by atoms with Gasteiger partial charge in [0.15, 0.2) is 0 Å². The number of ether oxygens (including phenoxy) is 2. The van der Waals surface area contributed by atoms with E-state index >= 15 is 0 Å². The predicted molar refractivity (Wildman–Crippen MR) is 111 cm³/mol. The molecule has 0 unspecified atom stereocenters. The van der Waals surface area contributed by atoms with Gasteiger partial charge in [-0.3, -0.25) is 4.79 Å². The van der Waals surface area contributed by atoms with Gasteiger partial charge >= 0.3 is 0 Å². The van der Waals surface area contributed by atoms with Crippen LogP contribution < -0.4 is 10.1 Å². The van der Waals surface area contributed by atoms with Crippen molar-refractivity contribution in [2.24, 2.45) is 23.7 Å². The third kappa shape index (κ3) is 3.66. The minimum absolute atomic E-state index is 0.0850. The molecule has 4 nitrogen and oxygen atoms in total. The summed E-state index contributed by atoms with van der Waals surface area (Å²) >= 11 is 0. The predicted octanol–water partition coefficient (Wildman–Crippen LogP) is 5.04. The van der Waals surface area contributed by atoms with Gasteiger partial charge in [0.05, 0.1) is 14.2 Å². The highest BCUT2D eigenvalue weighted by molar-refractivity contribution is 5.96. The normalized spacial score (nSPS) is 28.2. The lowest BCUT2D eigenvalue weighted by molar-refractivity contribution is 0.0675. The number of rotatable bonds is 4. The number of hydrogen-bond donors (Lipinski definition) is 1. The number of carbonyl (C=O) groups is 1. The minimum Gasteiger partial charge on any atom is -0.497 e. The molecule has 4 aliphatic rings. The number of benzene rings is 1. The van der Waals surface area contributed by atoms with E-state index in [1.807, 2.05) is 32.9 Å². The van der Waals surface area contributed by atoms with Gasteiger partial charge in [-0.1, -0.05) is 0 Å². The maximum Gasteiger partial charge on any atom is 0.251 e. The highest BCUT2D eigenvalue weighted by Crippen LogP contribution is 2.58. The first-order valence-electron chi connectivity index (χ1n) is 10.6. The van der Waals surface area contributed by atoms with E-state index in [4.69, 9.17) is 9.47 Å². The summed E-state index contributed by atoms with van der Waals surface area (Å²) in [4.78, 5) is 12.8. The molecular formula is C24H33NO3. The maximum absolute atomic E-state index is 12.8. The first-order valence-corrected chi connectivity index (χ1v) is 10.6. The molecule has 0 saturated heterocycles. The Labute approximate surface area is 168 Å². The van der Waals surface area contributed by atoms with Crippen LogP contribution in [0.2, 0.25) is 0 Å². The Morgan fingerprint density at radius 1 is 0.929 bits per heavy atom. The van der Waals surface area contributed by atoms with E-state index in [0.29, 0.717) is 23.1 Å². The fraction of sp³-hybridized carbons (Fsp3) is 0.625. The van der Waals surface area contributed by atoms with Crippen LogP contribution in [0.25, 0.3) is 5.76 Å². The Kier molecular flexibility index (Phi) is 4.93. The third-order valence-corrected chi connectivity index (χ3v) is 6.64. The monoisotopic (exact) mass is 383 g/mol. The topological polar surface area (TPSA) is 47.6 Å². The van der Waals surface area contributed by atoms with Crippen molar-refractivity contribution in [3.8, 4) is 5.75 Å². The van der Waals surface area contributed by atoms with Crippen LogP contribution in [-0.2, 0) is 4.74 Å². The smallest absolute Gasteiger partial charge is 0.251 e. The molecule has 4 saturated carbocycles. The van der Waals surface area contributed by atoms with Gasteiger partial charge in [0, 0.05) is 16.7 Å². The van der Waals surface area contributed by atoms with Crippen molar-refractivity contribution in [3.63, 3.8) is 0 Å². The number of nitrogens with one attached hydrogen (secondary N) is 1. The summed E-state index contributed by atoms with van der Waals surface area (Å²) in [5, 5.41) is 3.05. The zero-order valence-corrected chi connectivity index (χ0v) is 17.8. The van der Waals surface area contributed by atoms with Gasteiger partial charge in [-0.2, -0.15) is 0 Å². The molecule has 4 aliphatic carbocycles. The van der Waals surface area contributed by atoms with Gasteiger partial charge < -0.3 is 14.8 Å². The lowest BCUT2D eigenvalue weighted by Crippen LogP contribution is -2.41. The highest BCUT2D eigenvalue weighted by Gasteiger charge is 2.46. The van der Waals surface area contributed by atoms with E-state index in [0.717, 1.165) is 23.2 Å². The number of hydrogen-bond acceptors (Lipinski definition) is 3. The number of methoxy groups -OCH3 is 2. The lowest BCUT2D eigenvalue weighted by Gasteiger charge is -2.51. The molecular weight excluding hydrogens is 350 g/mol. The van der Waals surface area contributed by atoms with Crippen LogP contribution in [0.15, 0.2) is 23.8 Å². The molecule has 28 heavy (non-hydrogen) atoms. The second kappa shape index (κ2) is 7.13. The molecule has 1 aromatic carbocycles. The van der Waals surface area contributed by atoms with E-state index in [1.54, 1.807) is 20.3 Å². The van der Waals surface area contributed by atoms with Crippen molar-refractivity contribution in [1.82, 2.24) is 5.32 Å². The fourth-order valence-electron chi connectivity index (χ4n) is 5.86. The van der Waals surface area contributed by atoms with Crippen molar-refractivity contribution in [1.29, 1.82) is 0 Å². The molecule has 152 valence electrons. The molecule has 5 rings (SSSR count). The molecule has 4 bridgehead atoms. The summed E-state index contributed by atoms with van der Waals surface area (Å²) in [6.45, 7) is 5.97. The molecule has 0 aromatic heterocycles. The van der Waals surface area contributed by atoms with Crippen molar-refractivity contribution in [2.75, 3.05) is 14.2 Å². The first-order chi connectivity index (χ1) is 13.3. The fourth-order valence-corrected chi connectivity index (χ4v) is 5.86. The quantitative estimate of drug-likeness (QED) is 0.741. The third-order valence-electron chi connectivity index (χ3n) is 6.64. The molecule has 1 aromatic rings. The van der Waals surface area contributed by atoms with Crippen LogP contribution in [0.5, 0.6) is 5.75 Å². The lowest BCUT2D eigenvalue weighted by atomic mass is 9.54. The maximum atomic E-state index is 12.8. The molecule has 0 heterocycles. The zero-order valence-electron chi connectivity index (χ0n) is 17.8. The Balaban J connectivity index is 1.74. The Hall–Kier alpha value is -1.97. The summed E-state index contributed by atoms with van der Waals surface area (Å²) in [5.74, 6) is 4.67. The molecule has 0 atom stereocenters. The minimum atomic E-state index is -0.287. The van der Waals surface area contributed by atoms with Crippen LogP contribution in [-0.4, -0.2) is 25.7 Å². The summed E-state index contributed by atoms with van der Waals surface area (Å²) < 4.78 is 11.5. The largest absolute Gasteiger partial charge is 0.497 e. The number of allylic oxidation sites excluding steroid dienone is 1. The van der Waals surface area contributed by atoms with Crippen molar-refractivity contribution in [2.45, 2.75) is 58.4 Å². The van der Waals surface area contributed by atoms with E-state index in [-0.39, 0.29) is 11.4 Å². The number of carbonyl (C=O) groups excluding carboxylic acids is 1. The van der Waals surface area contributed by atoms with E-state index in [9.17, 15) is 4.79 Å². The average Bonchev–Trinajstić information content (AvgIpc) is 2.62. The van der Waals surface area contributed by atoms with Gasteiger partial charge in [0.25, 0.3) is 5.91 Å². The number of amides is 1. The summed E-state index contributed by atoms with van der Waals surface area (Å²) in [7, 11) is 3.41. The van der Waals surface area contributed by atoms with Gasteiger partial charge in [-0.15, -0.1) is 0 Å². The van der Waals surface area contributed by atoms with E-state index in [1.165, 1.54) is 37.7 Å². The van der Waals surface area contributed by atoms with Crippen molar-refractivity contribution >= 4 is 11.7 Å². The molecule has 4 heteroatoms. The second-order valence-corrected chi connectivity index (χ2v) is 9.95. The summed E-state index contributed by atoms with van der Waals surface area (Å²) in [5.41, 5.74) is 2.78. The van der Waals surface area contributed by atoms with E-state index in [2.05, 4.69) is 5.32 Å². The molecule has 1 amide bonds. The SMILES string of the molecule is COC(=C1C2CC3CC(C2)CC1C3)c1cc(OC)cc(C(=O)NC(C)(C)C)c1. The van der Waals surface area contributed by atoms with Gasteiger partial charge in [0.1, 0.15) is 11.5 Å². The van der Waals surface area contributed by atoms with Crippen LogP contribution in [0.3, 0.4) is 0 Å². The average molecular weight is 384 g/mol. The van der Waals surface area contributed by atoms with E-state index < -0.39 is 0 Å². The van der Waals surface area contributed by atoms with Crippen molar-refractivity contribution < 1.29 is 14.3 Å². The van der Waals surface area contributed by atoms with Crippen LogP contribution in [0.4, 0.5) is 0 Å². The zero-order chi connectivity index (χ0) is 20.1. The standard InChI is InChI=1S/C24H33NO3/c1-24(2,3)25-23(26)19-11-18(12-20(13-19)27-4)22(28-5)21-16-7-14-6-15(9-16)10-17(21)8-14/h11-17H,6-10H2,1-5H3,(H,25,26). The van der Waals surface area contributed by atoms with Crippen molar-refractivity contribution in [3.05, 3.63) is 34.9 Å². The molecule has 4 fully saturated rings. The Morgan fingerprint density at radius 3 is 2.00 bits per heavy atom. The molecule has 0 aliphatic heterocycles. The molecule has 0 radical (unpaired) electrons. The van der Waals surface area contributed by atoms with Crippen LogP contribution in [0.1, 0.15) is 68.8 Å². The van der Waals surface area contributed by atoms with Gasteiger partial charge in [-0.25, -0.2) is 0 Å². The Morgan fingerprint density at radius 2 is 1.50 bits per heavy atom. The van der Waals surface area contributed by atoms with Gasteiger partial charge in [0.2, 0.25) is 0 Å². The molecule has 0 spiro atoms. The Bertz CT molecular complexity index is 773. The highest BCUT2D eigenvalue weighted by atomic mass is 16.5. The van der Waals surface area contributed by atoms with Crippen LogP contribution >= 0.6 is 0 Å². The second-order valence-electron chi connectivity index (χ2n) is 9.95. The van der Waals surface area contributed by atoms with Gasteiger partial charge in [-0.05, 0) is 100 Å². The molecule has 1 N–H and O–H groups in total. The first kappa shape index (κ1) is 19.4.